The number of epoxide rings is 1. The molecule has 1 amide bonds. The number of benzene rings is 1. The number of allylic oxidation sites excluding steroid dienone is 2. The van der Waals surface area contributed by atoms with Crippen molar-refractivity contribution in [2.75, 3.05) is 0 Å². The van der Waals surface area contributed by atoms with E-state index in [4.69, 9.17) is 9.47 Å². The molecule has 3 fully saturated rings. The average molecular weight is 524 g/mol. The molecule has 5 rings (SSSR count). The van der Waals surface area contributed by atoms with Gasteiger partial charge in [-0.3, -0.25) is 19.2 Å². The average Bonchev–Trinajstić information content (AvgIpc) is 3.62. The molecule has 0 radical (unpaired) electrons. The van der Waals surface area contributed by atoms with Gasteiger partial charge in [0, 0.05) is 30.7 Å². The summed E-state index contributed by atoms with van der Waals surface area (Å²) >= 11 is 0. The van der Waals surface area contributed by atoms with Crippen LogP contribution in [0.15, 0.2) is 42.5 Å². The van der Waals surface area contributed by atoms with Gasteiger partial charge in [-0.25, -0.2) is 0 Å². The zero-order chi connectivity index (χ0) is 27.6. The van der Waals surface area contributed by atoms with Gasteiger partial charge >= 0.3 is 5.97 Å². The Bertz CT molecular complexity index is 1180. The maximum atomic E-state index is 14.3. The monoisotopic (exact) mass is 523 g/mol. The van der Waals surface area contributed by atoms with Crippen LogP contribution in [0.1, 0.15) is 46.6 Å². The second-order valence-corrected chi connectivity index (χ2v) is 11.9. The predicted molar refractivity (Wildman–Crippen MR) is 138 cm³/mol. The molecule has 4 aliphatic rings. The molecule has 2 aliphatic heterocycles. The van der Waals surface area contributed by atoms with E-state index in [1.807, 2.05) is 44.2 Å². The fourth-order valence-electron chi connectivity index (χ4n) is 7.49. The summed E-state index contributed by atoms with van der Waals surface area (Å²) in [6, 6.07) is 9.52. The van der Waals surface area contributed by atoms with Crippen LogP contribution in [-0.2, 0) is 35.1 Å². The highest BCUT2D eigenvalue weighted by Crippen LogP contribution is 2.60. The quantitative estimate of drug-likeness (QED) is 0.354. The van der Waals surface area contributed by atoms with Gasteiger partial charge in [0.05, 0.1) is 5.92 Å². The van der Waals surface area contributed by atoms with E-state index in [2.05, 4.69) is 5.32 Å². The van der Waals surface area contributed by atoms with Gasteiger partial charge in [-0.05, 0) is 31.2 Å². The molecule has 0 bridgehead atoms. The first kappa shape index (κ1) is 26.8. The molecule has 1 aromatic rings. The number of carbonyl (C=O) groups is 4. The standard InChI is InChI=1S/C30H37NO7/c1-15-10-9-13-20-23(33)17(3)16(2)22-21(14-19-11-7-6-8-12-19)31-28(35)30(20,22)27(37-18(4)32)24-26(38-24)29(5,36)25(15)34/h6-9,11-13,15-17,20-22,24,26-27,36H,10,14H2,1-5H3,(H,31,35). The van der Waals surface area contributed by atoms with Gasteiger partial charge in [-0.15, -0.1) is 0 Å². The Kier molecular flexibility index (Phi) is 6.63. The fraction of sp³-hybridized carbons (Fsp3) is 0.600. The van der Waals surface area contributed by atoms with E-state index in [0.29, 0.717) is 12.8 Å². The molecule has 2 heterocycles. The number of ether oxygens (including phenoxy) is 2. The zero-order valence-corrected chi connectivity index (χ0v) is 22.5. The molecule has 11 unspecified atom stereocenters. The summed E-state index contributed by atoms with van der Waals surface area (Å²) in [5.74, 6) is -3.78. The van der Waals surface area contributed by atoms with Crippen LogP contribution in [0.4, 0.5) is 0 Å². The molecule has 204 valence electrons. The molecule has 8 nitrogen and oxygen atoms in total. The van der Waals surface area contributed by atoms with Gasteiger partial charge in [-0.2, -0.15) is 0 Å². The van der Waals surface area contributed by atoms with Crippen LogP contribution in [-0.4, -0.2) is 58.5 Å². The lowest BCUT2D eigenvalue weighted by molar-refractivity contribution is -0.178. The van der Waals surface area contributed by atoms with Crippen LogP contribution < -0.4 is 5.32 Å². The lowest BCUT2D eigenvalue weighted by Crippen LogP contribution is -2.63. The number of esters is 1. The van der Waals surface area contributed by atoms with Crippen molar-refractivity contribution in [3.05, 3.63) is 48.0 Å². The van der Waals surface area contributed by atoms with Crippen LogP contribution >= 0.6 is 0 Å². The third-order valence-electron chi connectivity index (χ3n) is 9.52. The number of amides is 1. The maximum absolute atomic E-state index is 14.3. The second-order valence-electron chi connectivity index (χ2n) is 11.9. The Morgan fingerprint density at radius 2 is 1.84 bits per heavy atom. The normalized spacial score (nSPS) is 44.3. The van der Waals surface area contributed by atoms with Crippen LogP contribution in [0, 0.1) is 35.0 Å². The maximum Gasteiger partial charge on any atom is 0.303 e. The first-order valence-corrected chi connectivity index (χ1v) is 13.6. The van der Waals surface area contributed by atoms with Crippen LogP contribution in [0.2, 0.25) is 0 Å². The number of fused-ring (bicyclic) bond motifs is 1. The Morgan fingerprint density at radius 3 is 2.50 bits per heavy atom. The summed E-state index contributed by atoms with van der Waals surface area (Å²) in [6.45, 7) is 8.28. The van der Waals surface area contributed by atoms with Gasteiger partial charge in [0.25, 0.3) is 0 Å². The number of hydrogen-bond acceptors (Lipinski definition) is 7. The van der Waals surface area contributed by atoms with Gasteiger partial charge in [-0.1, -0.05) is 63.3 Å². The molecule has 1 aromatic carbocycles. The highest BCUT2D eigenvalue weighted by atomic mass is 16.6. The van der Waals surface area contributed by atoms with Crippen molar-refractivity contribution in [1.82, 2.24) is 5.32 Å². The van der Waals surface area contributed by atoms with Crippen molar-refractivity contribution >= 4 is 23.4 Å². The first-order chi connectivity index (χ1) is 17.9. The predicted octanol–water partition coefficient (Wildman–Crippen LogP) is 2.42. The molecular formula is C30H37NO7. The summed E-state index contributed by atoms with van der Waals surface area (Å²) < 4.78 is 11.8. The van der Waals surface area contributed by atoms with Crippen LogP contribution in [0.3, 0.4) is 0 Å². The number of Topliss-reactive ketones (excluding diaryl/α,β-unsaturated/α-hetero) is 2. The van der Waals surface area contributed by atoms with Gasteiger partial charge in [0.15, 0.2) is 5.78 Å². The highest BCUT2D eigenvalue weighted by Gasteiger charge is 2.75. The molecule has 11 atom stereocenters. The molecule has 38 heavy (non-hydrogen) atoms. The molecule has 8 heteroatoms. The number of carbonyl (C=O) groups excluding carboxylic acids is 4. The third-order valence-corrected chi connectivity index (χ3v) is 9.52. The highest BCUT2D eigenvalue weighted by molar-refractivity contribution is 5.98. The summed E-state index contributed by atoms with van der Waals surface area (Å²) in [5, 5.41) is 14.5. The molecule has 2 saturated heterocycles. The summed E-state index contributed by atoms with van der Waals surface area (Å²) in [6.07, 6.45) is 1.34. The summed E-state index contributed by atoms with van der Waals surface area (Å²) in [7, 11) is 0. The SMILES string of the molecule is CC(=O)OC1C2OC2C(C)(O)C(=O)C(C)CC=CC2C(=O)C(C)C(C)C3C(Cc4ccccc4)NC(=O)C213. The van der Waals surface area contributed by atoms with Crippen molar-refractivity contribution in [2.45, 2.75) is 77.4 Å². The van der Waals surface area contributed by atoms with Crippen LogP contribution in [0.5, 0.6) is 0 Å². The number of hydrogen-bond donors (Lipinski definition) is 2. The minimum atomic E-state index is -1.83. The lowest BCUT2D eigenvalue weighted by atomic mass is 9.50. The smallest absolute Gasteiger partial charge is 0.303 e. The third kappa shape index (κ3) is 3.95. The van der Waals surface area contributed by atoms with Gasteiger partial charge < -0.3 is 19.9 Å². The second kappa shape index (κ2) is 9.42. The van der Waals surface area contributed by atoms with E-state index < -0.39 is 47.1 Å². The van der Waals surface area contributed by atoms with Crippen molar-refractivity contribution in [2.24, 2.45) is 35.0 Å². The summed E-state index contributed by atoms with van der Waals surface area (Å²) in [4.78, 5) is 53.9. The molecule has 0 aromatic heterocycles. The first-order valence-electron chi connectivity index (χ1n) is 13.6. The van der Waals surface area contributed by atoms with Crippen molar-refractivity contribution in [3.63, 3.8) is 0 Å². The Morgan fingerprint density at radius 1 is 1.16 bits per heavy atom. The topological polar surface area (TPSA) is 122 Å². The number of aliphatic hydroxyl groups is 1. The minimum Gasteiger partial charge on any atom is -0.458 e. The molecule has 1 saturated carbocycles. The number of rotatable bonds is 3. The minimum absolute atomic E-state index is 0.0974. The Balaban J connectivity index is 1.70. The van der Waals surface area contributed by atoms with E-state index in [1.165, 1.54) is 13.8 Å². The van der Waals surface area contributed by atoms with Crippen molar-refractivity contribution in [3.8, 4) is 0 Å². The van der Waals surface area contributed by atoms with E-state index in [9.17, 15) is 24.3 Å². The lowest BCUT2D eigenvalue weighted by Gasteiger charge is -2.51. The van der Waals surface area contributed by atoms with Crippen molar-refractivity contribution < 1.29 is 33.8 Å². The largest absolute Gasteiger partial charge is 0.458 e. The number of ketones is 2. The van der Waals surface area contributed by atoms with Gasteiger partial charge in [0.2, 0.25) is 5.91 Å². The number of nitrogens with one attached hydrogen (secondary N) is 1. The summed E-state index contributed by atoms with van der Waals surface area (Å²) in [5.41, 5.74) is -2.24. The Hall–Kier alpha value is -2.84. The molecular weight excluding hydrogens is 486 g/mol. The van der Waals surface area contributed by atoms with E-state index in [0.717, 1.165) is 5.56 Å². The fourth-order valence-corrected chi connectivity index (χ4v) is 7.49. The van der Waals surface area contributed by atoms with Gasteiger partial charge in [0.1, 0.15) is 35.1 Å². The zero-order valence-electron chi connectivity index (χ0n) is 22.5. The van der Waals surface area contributed by atoms with E-state index in [-0.39, 0.29) is 41.3 Å². The molecule has 2 N–H and O–H groups in total. The van der Waals surface area contributed by atoms with E-state index in [1.54, 1.807) is 19.1 Å². The Labute approximate surface area is 223 Å². The van der Waals surface area contributed by atoms with Crippen LogP contribution in [0.25, 0.3) is 0 Å². The van der Waals surface area contributed by atoms with E-state index >= 15 is 0 Å². The van der Waals surface area contributed by atoms with Crippen molar-refractivity contribution in [1.29, 1.82) is 0 Å². The molecule has 1 spiro atoms. The molecule has 2 aliphatic carbocycles.